The van der Waals surface area contributed by atoms with E-state index in [1.54, 1.807) is 0 Å². The Bertz CT molecular complexity index is 817. The maximum atomic E-state index is 12.2. The molecular formula is C23H33IN4O2. The van der Waals surface area contributed by atoms with Gasteiger partial charge < -0.3 is 21.1 Å². The first-order chi connectivity index (χ1) is 13.9. The van der Waals surface area contributed by atoms with E-state index in [0.29, 0.717) is 32.0 Å². The first kappa shape index (κ1) is 25.7. The maximum Gasteiger partial charge on any atom is 0.220 e. The van der Waals surface area contributed by atoms with Crippen LogP contribution in [0.5, 0.6) is 5.75 Å². The summed E-state index contributed by atoms with van der Waals surface area (Å²) in [5.41, 5.74) is 10.2. The number of carbonyl (C=O) groups excluding carboxylic acids is 1. The summed E-state index contributed by atoms with van der Waals surface area (Å²) in [6, 6.07) is 13.9. The molecule has 0 saturated heterocycles. The number of aliphatic imine (C=N–C) groups is 1. The van der Waals surface area contributed by atoms with Gasteiger partial charge in [-0.05, 0) is 75.1 Å². The second-order valence-electron chi connectivity index (χ2n) is 7.16. The van der Waals surface area contributed by atoms with Crippen molar-refractivity contribution < 1.29 is 9.53 Å². The molecule has 0 spiro atoms. The minimum absolute atomic E-state index is 0. The minimum Gasteiger partial charge on any atom is -0.494 e. The number of benzene rings is 2. The highest BCUT2D eigenvalue weighted by Crippen LogP contribution is 2.18. The molecule has 0 bridgehead atoms. The van der Waals surface area contributed by atoms with Gasteiger partial charge in [0, 0.05) is 18.7 Å². The molecule has 2 rings (SSSR count). The summed E-state index contributed by atoms with van der Waals surface area (Å²) >= 11 is 0. The van der Waals surface area contributed by atoms with Crippen molar-refractivity contribution in [3.63, 3.8) is 0 Å². The molecule has 0 aliphatic heterocycles. The van der Waals surface area contributed by atoms with E-state index < -0.39 is 0 Å². The summed E-state index contributed by atoms with van der Waals surface area (Å²) in [6.45, 7) is 9.13. The number of carbonyl (C=O) groups is 1. The van der Waals surface area contributed by atoms with Crippen LogP contribution in [-0.4, -0.2) is 25.0 Å². The molecule has 164 valence electrons. The molecule has 2 aromatic rings. The summed E-state index contributed by atoms with van der Waals surface area (Å²) in [4.78, 5) is 16.5. The van der Waals surface area contributed by atoms with Crippen molar-refractivity contribution in [3.05, 3.63) is 59.2 Å². The van der Waals surface area contributed by atoms with Gasteiger partial charge in [-0.15, -0.1) is 24.0 Å². The number of anilines is 1. The number of aryl methyl sites for hydroxylation is 2. The predicted molar refractivity (Wildman–Crippen MR) is 135 cm³/mol. The van der Waals surface area contributed by atoms with Crippen molar-refractivity contribution >= 4 is 41.5 Å². The molecule has 2 aromatic carbocycles. The van der Waals surface area contributed by atoms with Crippen LogP contribution in [0.25, 0.3) is 0 Å². The fraction of sp³-hybridized carbons (Fsp3) is 0.391. The highest BCUT2D eigenvalue weighted by atomic mass is 127. The standard InChI is InChI=1S/C23H32N4O2.HI/c1-5-29-21-10-8-19(9-11-21)18(4)26-22(28)7-6-12-25-23(24)27-20-14-16(2)13-17(3)15-20;/h8-11,13-15,18H,5-7,12H2,1-4H3,(H,26,28)(H3,24,25,27);1H. The fourth-order valence-corrected chi connectivity index (χ4v) is 3.09. The third-order valence-corrected chi connectivity index (χ3v) is 4.41. The third-order valence-electron chi connectivity index (χ3n) is 4.41. The summed E-state index contributed by atoms with van der Waals surface area (Å²) in [6.07, 6.45) is 1.04. The van der Waals surface area contributed by atoms with Crippen molar-refractivity contribution in [2.24, 2.45) is 10.7 Å². The van der Waals surface area contributed by atoms with E-state index in [-0.39, 0.29) is 35.9 Å². The van der Waals surface area contributed by atoms with Gasteiger partial charge in [0.05, 0.1) is 12.6 Å². The van der Waals surface area contributed by atoms with Crippen molar-refractivity contribution in [3.8, 4) is 5.75 Å². The van der Waals surface area contributed by atoms with E-state index in [1.807, 2.05) is 64.1 Å². The van der Waals surface area contributed by atoms with Gasteiger partial charge in [0.2, 0.25) is 5.91 Å². The molecule has 0 fully saturated rings. The van der Waals surface area contributed by atoms with Gasteiger partial charge in [0.15, 0.2) is 5.96 Å². The Balaban J connectivity index is 0.00000450. The number of nitrogens with two attached hydrogens (primary N) is 1. The summed E-state index contributed by atoms with van der Waals surface area (Å²) in [5.74, 6) is 1.19. The number of amides is 1. The van der Waals surface area contributed by atoms with Crippen LogP contribution in [-0.2, 0) is 4.79 Å². The molecule has 0 aromatic heterocycles. The third kappa shape index (κ3) is 9.02. The normalized spacial score (nSPS) is 11.9. The van der Waals surface area contributed by atoms with Crippen LogP contribution in [0.3, 0.4) is 0 Å². The Morgan fingerprint density at radius 1 is 1.13 bits per heavy atom. The average Bonchev–Trinajstić information content (AvgIpc) is 2.65. The molecule has 1 atom stereocenters. The lowest BCUT2D eigenvalue weighted by Gasteiger charge is -2.15. The topological polar surface area (TPSA) is 88.7 Å². The van der Waals surface area contributed by atoms with Crippen LogP contribution in [0.2, 0.25) is 0 Å². The molecule has 0 aliphatic carbocycles. The highest BCUT2D eigenvalue weighted by Gasteiger charge is 2.09. The largest absolute Gasteiger partial charge is 0.494 e. The zero-order valence-corrected chi connectivity index (χ0v) is 20.5. The minimum atomic E-state index is -0.0574. The number of guanidine groups is 1. The van der Waals surface area contributed by atoms with Crippen LogP contribution >= 0.6 is 24.0 Å². The number of ether oxygens (including phenoxy) is 1. The number of hydrogen-bond donors (Lipinski definition) is 3. The average molecular weight is 524 g/mol. The smallest absolute Gasteiger partial charge is 0.220 e. The van der Waals surface area contributed by atoms with E-state index in [1.165, 1.54) is 11.1 Å². The van der Waals surface area contributed by atoms with Crippen molar-refractivity contribution in [2.75, 3.05) is 18.5 Å². The van der Waals surface area contributed by atoms with Gasteiger partial charge in [-0.25, -0.2) is 0 Å². The monoisotopic (exact) mass is 524 g/mol. The Labute approximate surface area is 196 Å². The first-order valence-corrected chi connectivity index (χ1v) is 10.0. The maximum absolute atomic E-state index is 12.2. The Morgan fingerprint density at radius 2 is 1.77 bits per heavy atom. The molecular weight excluding hydrogens is 491 g/mol. The van der Waals surface area contributed by atoms with Crippen molar-refractivity contribution in [1.82, 2.24) is 5.32 Å². The second-order valence-corrected chi connectivity index (χ2v) is 7.16. The van der Waals surface area contributed by atoms with Crippen molar-refractivity contribution in [1.29, 1.82) is 0 Å². The number of nitrogens with zero attached hydrogens (tertiary/aromatic N) is 1. The van der Waals surface area contributed by atoms with Crippen LogP contribution in [0.1, 0.15) is 49.4 Å². The Hall–Kier alpha value is -2.29. The number of rotatable bonds is 9. The van der Waals surface area contributed by atoms with Gasteiger partial charge in [-0.2, -0.15) is 0 Å². The lowest BCUT2D eigenvalue weighted by Crippen LogP contribution is -2.26. The van der Waals surface area contributed by atoms with E-state index in [2.05, 4.69) is 21.7 Å². The van der Waals surface area contributed by atoms with Crippen LogP contribution in [0, 0.1) is 13.8 Å². The van der Waals surface area contributed by atoms with E-state index in [9.17, 15) is 4.79 Å². The van der Waals surface area contributed by atoms with Crippen molar-refractivity contribution in [2.45, 2.75) is 46.6 Å². The first-order valence-electron chi connectivity index (χ1n) is 10.0. The Kier molecular flexibility index (Phi) is 11.2. The predicted octanol–water partition coefficient (Wildman–Crippen LogP) is 4.70. The molecule has 0 aliphatic rings. The van der Waals surface area contributed by atoms with Crippen LogP contribution in [0.15, 0.2) is 47.5 Å². The van der Waals surface area contributed by atoms with Gasteiger partial charge in [0.25, 0.3) is 0 Å². The van der Waals surface area contributed by atoms with E-state index >= 15 is 0 Å². The summed E-state index contributed by atoms with van der Waals surface area (Å²) < 4.78 is 5.44. The molecule has 1 unspecified atom stereocenters. The zero-order valence-electron chi connectivity index (χ0n) is 18.2. The van der Waals surface area contributed by atoms with Gasteiger partial charge in [0.1, 0.15) is 5.75 Å². The molecule has 6 nitrogen and oxygen atoms in total. The SMILES string of the molecule is CCOc1ccc(C(C)NC(=O)CCCN=C(N)Nc2cc(C)cc(C)c2)cc1.I. The second kappa shape index (κ2) is 13.1. The quantitative estimate of drug-likeness (QED) is 0.192. The lowest BCUT2D eigenvalue weighted by molar-refractivity contribution is -0.121. The highest BCUT2D eigenvalue weighted by molar-refractivity contribution is 14.0. The summed E-state index contributed by atoms with van der Waals surface area (Å²) in [5, 5.41) is 6.11. The zero-order chi connectivity index (χ0) is 21.2. The number of hydrogen-bond acceptors (Lipinski definition) is 3. The molecule has 1 amide bonds. The molecule has 0 radical (unpaired) electrons. The number of nitrogens with one attached hydrogen (secondary N) is 2. The summed E-state index contributed by atoms with van der Waals surface area (Å²) in [7, 11) is 0. The van der Waals surface area contributed by atoms with Crippen LogP contribution < -0.4 is 21.1 Å². The van der Waals surface area contributed by atoms with Crippen LogP contribution in [0.4, 0.5) is 5.69 Å². The van der Waals surface area contributed by atoms with Gasteiger partial charge in [-0.3, -0.25) is 9.79 Å². The van der Waals surface area contributed by atoms with E-state index in [4.69, 9.17) is 10.5 Å². The molecule has 7 heteroatoms. The molecule has 0 heterocycles. The molecule has 4 N–H and O–H groups in total. The lowest BCUT2D eigenvalue weighted by atomic mass is 10.1. The van der Waals surface area contributed by atoms with E-state index in [0.717, 1.165) is 17.0 Å². The fourth-order valence-electron chi connectivity index (χ4n) is 3.09. The molecule has 0 saturated carbocycles. The van der Waals surface area contributed by atoms with Gasteiger partial charge >= 0.3 is 0 Å². The number of halogens is 1. The Morgan fingerprint density at radius 3 is 2.37 bits per heavy atom. The van der Waals surface area contributed by atoms with Gasteiger partial charge in [-0.1, -0.05) is 18.2 Å². The molecule has 30 heavy (non-hydrogen) atoms.